The van der Waals surface area contributed by atoms with Gasteiger partial charge in [0.15, 0.2) is 24.7 Å². The number of anilines is 1. The number of hydrogen-bond donors (Lipinski definition) is 2. The van der Waals surface area contributed by atoms with Crippen LogP contribution in [0.25, 0.3) is 0 Å². The van der Waals surface area contributed by atoms with E-state index in [1.807, 2.05) is 38.1 Å². The zero-order valence-corrected chi connectivity index (χ0v) is 20.4. The van der Waals surface area contributed by atoms with Crippen LogP contribution in [0.4, 0.5) is 5.69 Å². The van der Waals surface area contributed by atoms with Crippen molar-refractivity contribution in [3.8, 4) is 23.0 Å². The fourth-order valence-electron chi connectivity index (χ4n) is 3.07. The molecule has 0 radical (unpaired) electrons. The van der Waals surface area contributed by atoms with Crippen molar-refractivity contribution < 1.29 is 28.5 Å². The highest BCUT2D eigenvalue weighted by molar-refractivity contribution is 5.92. The molecule has 0 aliphatic heterocycles. The zero-order chi connectivity index (χ0) is 25.8. The number of methoxy groups -OCH3 is 1. The van der Waals surface area contributed by atoms with Gasteiger partial charge in [-0.2, -0.15) is 5.10 Å². The molecule has 0 aliphatic carbocycles. The maximum Gasteiger partial charge on any atom is 0.277 e. The highest BCUT2D eigenvalue weighted by Gasteiger charge is 2.10. The van der Waals surface area contributed by atoms with Gasteiger partial charge in [0.05, 0.1) is 19.9 Å². The monoisotopic (exact) mass is 491 g/mol. The van der Waals surface area contributed by atoms with Crippen LogP contribution >= 0.6 is 0 Å². The van der Waals surface area contributed by atoms with E-state index in [-0.39, 0.29) is 19.1 Å². The van der Waals surface area contributed by atoms with Crippen molar-refractivity contribution in [3.05, 3.63) is 77.9 Å². The van der Waals surface area contributed by atoms with E-state index in [1.54, 1.807) is 49.6 Å². The number of para-hydroxylation sites is 1. The molecule has 0 fully saturated rings. The molecule has 9 nitrogen and oxygen atoms in total. The Balaban J connectivity index is 1.51. The number of aryl methyl sites for hydroxylation is 1. The lowest BCUT2D eigenvalue weighted by molar-refractivity contribution is -0.123. The summed E-state index contributed by atoms with van der Waals surface area (Å²) in [7, 11) is 1.57. The third-order valence-corrected chi connectivity index (χ3v) is 4.88. The summed E-state index contributed by atoms with van der Waals surface area (Å²) in [5, 5.41) is 6.78. The van der Waals surface area contributed by atoms with Gasteiger partial charge in [-0.1, -0.05) is 18.2 Å². The van der Waals surface area contributed by atoms with E-state index >= 15 is 0 Å². The van der Waals surface area contributed by atoms with Crippen molar-refractivity contribution in [1.82, 2.24) is 5.43 Å². The van der Waals surface area contributed by atoms with Crippen LogP contribution in [0.5, 0.6) is 23.0 Å². The largest absolute Gasteiger partial charge is 0.497 e. The highest BCUT2D eigenvalue weighted by Crippen LogP contribution is 2.28. The molecule has 0 spiro atoms. The Labute approximate surface area is 210 Å². The van der Waals surface area contributed by atoms with Crippen molar-refractivity contribution in [1.29, 1.82) is 0 Å². The Morgan fingerprint density at radius 3 is 2.31 bits per heavy atom. The van der Waals surface area contributed by atoms with Crippen molar-refractivity contribution in [2.24, 2.45) is 5.10 Å². The van der Waals surface area contributed by atoms with E-state index < -0.39 is 5.91 Å². The molecule has 0 aliphatic rings. The van der Waals surface area contributed by atoms with Gasteiger partial charge in [0, 0.05) is 5.69 Å². The Morgan fingerprint density at radius 2 is 1.58 bits per heavy atom. The van der Waals surface area contributed by atoms with Crippen LogP contribution in [0.15, 0.2) is 71.8 Å². The first kappa shape index (κ1) is 26.1. The number of hydrazone groups is 1. The zero-order valence-electron chi connectivity index (χ0n) is 20.4. The quantitative estimate of drug-likeness (QED) is 0.294. The topological polar surface area (TPSA) is 107 Å². The second-order valence-corrected chi connectivity index (χ2v) is 7.55. The van der Waals surface area contributed by atoms with Crippen LogP contribution in [0.3, 0.4) is 0 Å². The van der Waals surface area contributed by atoms with Gasteiger partial charge in [0.2, 0.25) is 0 Å². The smallest absolute Gasteiger partial charge is 0.277 e. The lowest BCUT2D eigenvalue weighted by Gasteiger charge is -2.13. The summed E-state index contributed by atoms with van der Waals surface area (Å²) >= 11 is 0. The minimum Gasteiger partial charge on any atom is -0.497 e. The maximum atomic E-state index is 12.3. The standard InChI is InChI=1S/C27H29N3O6/c1-4-34-25-15-20(16-28-30-27(32)18-35-22-12-10-21(33-3)11-13-22)9-14-24(25)36-17-26(31)29-23-8-6-5-7-19(23)2/h5-16H,4,17-18H2,1-3H3,(H,29,31)(H,30,32)/b28-16+. The minimum absolute atomic E-state index is 0.175. The SMILES string of the molecule is CCOc1cc(/C=N/NC(=O)COc2ccc(OC)cc2)ccc1OCC(=O)Nc1ccccc1C. The van der Waals surface area contributed by atoms with Crippen LogP contribution in [0.1, 0.15) is 18.1 Å². The number of benzene rings is 3. The van der Waals surface area contributed by atoms with Crippen molar-refractivity contribution in [2.45, 2.75) is 13.8 Å². The van der Waals surface area contributed by atoms with Crippen LogP contribution in [0.2, 0.25) is 0 Å². The lowest BCUT2D eigenvalue weighted by Crippen LogP contribution is -2.24. The summed E-state index contributed by atoms with van der Waals surface area (Å²) in [4.78, 5) is 24.3. The Kier molecular flexibility index (Phi) is 9.69. The lowest BCUT2D eigenvalue weighted by atomic mass is 10.2. The molecular weight excluding hydrogens is 462 g/mol. The van der Waals surface area contributed by atoms with Crippen molar-refractivity contribution >= 4 is 23.7 Å². The van der Waals surface area contributed by atoms with Gasteiger partial charge in [-0.15, -0.1) is 0 Å². The maximum absolute atomic E-state index is 12.3. The van der Waals surface area contributed by atoms with E-state index in [0.717, 1.165) is 11.3 Å². The molecule has 0 saturated carbocycles. The van der Waals surface area contributed by atoms with Crippen LogP contribution < -0.4 is 29.7 Å². The summed E-state index contributed by atoms with van der Waals surface area (Å²) in [6.07, 6.45) is 1.47. The van der Waals surface area contributed by atoms with E-state index in [9.17, 15) is 9.59 Å². The van der Waals surface area contributed by atoms with Gasteiger partial charge in [-0.05, 0) is 73.5 Å². The Hall–Kier alpha value is -4.53. The predicted octanol–water partition coefficient (Wildman–Crippen LogP) is 3.95. The van der Waals surface area contributed by atoms with Gasteiger partial charge in [-0.25, -0.2) is 5.43 Å². The second-order valence-electron chi connectivity index (χ2n) is 7.55. The van der Waals surface area contributed by atoms with Crippen LogP contribution in [-0.4, -0.2) is 45.0 Å². The number of rotatable bonds is 12. The molecule has 0 bridgehead atoms. The van der Waals surface area contributed by atoms with E-state index in [1.165, 1.54) is 6.21 Å². The molecule has 0 saturated heterocycles. The predicted molar refractivity (Wildman–Crippen MR) is 137 cm³/mol. The van der Waals surface area contributed by atoms with Gasteiger partial charge in [-0.3, -0.25) is 9.59 Å². The first-order valence-corrected chi connectivity index (χ1v) is 11.3. The van der Waals surface area contributed by atoms with Gasteiger partial charge >= 0.3 is 0 Å². The average Bonchev–Trinajstić information content (AvgIpc) is 2.89. The molecule has 9 heteroatoms. The van der Waals surface area contributed by atoms with Crippen LogP contribution in [-0.2, 0) is 9.59 Å². The summed E-state index contributed by atoms with van der Waals surface area (Å²) in [6, 6.07) is 19.5. The summed E-state index contributed by atoms with van der Waals surface area (Å²) < 4.78 is 21.8. The van der Waals surface area contributed by atoms with Crippen LogP contribution in [0, 0.1) is 6.92 Å². The number of carbonyl (C=O) groups excluding carboxylic acids is 2. The third kappa shape index (κ3) is 8.05. The molecule has 0 aromatic heterocycles. The van der Waals surface area contributed by atoms with Crippen molar-refractivity contribution in [2.75, 3.05) is 32.2 Å². The fraction of sp³-hybridized carbons (Fsp3) is 0.222. The number of nitrogens with zero attached hydrogens (tertiary/aromatic N) is 1. The first-order valence-electron chi connectivity index (χ1n) is 11.3. The van der Waals surface area contributed by atoms with Gasteiger partial charge in [0.25, 0.3) is 11.8 Å². The van der Waals surface area contributed by atoms with E-state index in [0.29, 0.717) is 35.2 Å². The molecule has 3 aromatic carbocycles. The molecule has 0 atom stereocenters. The second kappa shape index (κ2) is 13.4. The summed E-state index contributed by atoms with van der Waals surface area (Å²) in [5.74, 6) is 1.43. The fourth-order valence-corrected chi connectivity index (χ4v) is 3.07. The van der Waals surface area contributed by atoms with Gasteiger partial charge < -0.3 is 24.3 Å². The first-order chi connectivity index (χ1) is 17.5. The van der Waals surface area contributed by atoms with E-state index in [4.69, 9.17) is 18.9 Å². The normalized spacial score (nSPS) is 10.5. The number of amides is 2. The third-order valence-electron chi connectivity index (χ3n) is 4.88. The number of carbonyl (C=O) groups is 2. The molecule has 0 heterocycles. The highest BCUT2D eigenvalue weighted by atomic mass is 16.5. The number of ether oxygens (including phenoxy) is 4. The molecular formula is C27H29N3O6. The van der Waals surface area contributed by atoms with Gasteiger partial charge in [0.1, 0.15) is 11.5 Å². The molecule has 0 unspecified atom stereocenters. The molecule has 3 rings (SSSR count). The van der Waals surface area contributed by atoms with Crippen molar-refractivity contribution in [3.63, 3.8) is 0 Å². The Morgan fingerprint density at radius 1 is 0.861 bits per heavy atom. The Bertz CT molecular complexity index is 1190. The number of nitrogens with one attached hydrogen (secondary N) is 2. The average molecular weight is 492 g/mol. The minimum atomic E-state index is -0.410. The number of hydrogen-bond acceptors (Lipinski definition) is 7. The molecule has 3 aromatic rings. The molecule has 2 N–H and O–H groups in total. The summed E-state index contributed by atoms with van der Waals surface area (Å²) in [6.45, 7) is 3.81. The molecule has 188 valence electrons. The van der Waals surface area contributed by atoms with E-state index in [2.05, 4.69) is 15.8 Å². The molecule has 36 heavy (non-hydrogen) atoms. The summed E-state index contributed by atoms with van der Waals surface area (Å²) in [5.41, 5.74) is 4.78. The molecule has 2 amide bonds.